The van der Waals surface area contributed by atoms with Crippen molar-refractivity contribution in [1.29, 1.82) is 0 Å². The number of hydrogen-bond donors (Lipinski definition) is 1. The third kappa shape index (κ3) is 1.69. The van der Waals surface area contributed by atoms with Crippen molar-refractivity contribution in [3.05, 3.63) is 35.5 Å². The number of carbonyl (C=O) groups excluding carboxylic acids is 1. The number of esters is 1. The minimum Gasteiger partial charge on any atom is -0.461 e. The van der Waals surface area contributed by atoms with Crippen LogP contribution in [0.15, 0.2) is 24.3 Å². The van der Waals surface area contributed by atoms with Crippen LogP contribution < -0.4 is 0 Å². The largest absolute Gasteiger partial charge is 0.461 e. The van der Waals surface area contributed by atoms with Crippen molar-refractivity contribution in [2.24, 2.45) is 0 Å². The molecule has 1 aromatic carbocycles. The van der Waals surface area contributed by atoms with Crippen molar-refractivity contribution in [2.45, 2.75) is 20.3 Å². The summed E-state index contributed by atoms with van der Waals surface area (Å²) in [6, 6.07) is 7.92. The molecule has 0 aliphatic rings. The van der Waals surface area contributed by atoms with E-state index < -0.39 is 0 Å². The van der Waals surface area contributed by atoms with Gasteiger partial charge in [-0.1, -0.05) is 25.1 Å². The maximum atomic E-state index is 11.7. The smallest absolute Gasteiger partial charge is 0.355 e. The summed E-state index contributed by atoms with van der Waals surface area (Å²) in [4.78, 5) is 14.9. The highest BCUT2D eigenvalue weighted by molar-refractivity contribution is 5.98. The zero-order chi connectivity index (χ0) is 11.5. The van der Waals surface area contributed by atoms with Crippen molar-refractivity contribution in [3.8, 4) is 0 Å². The lowest BCUT2D eigenvalue weighted by Crippen LogP contribution is -2.07. The number of benzene rings is 1. The molecule has 3 heteroatoms. The second kappa shape index (κ2) is 4.39. The molecule has 0 fully saturated rings. The van der Waals surface area contributed by atoms with Gasteiger partial charge in [0.15, 0.2) is 0 Å². The summed E-state index contributed by atoms with van der Waals surface area (Å²) in [5.74, 6) is -0.268. The van der Waals surface area contributed by atoms with E-state index in [0.29, 0.717) is 12.3 Å². The maximum absolute atomic E-state index is 11.7. The van der Waals surface area contributed by atoms with E-state index in [1.807, 2.05) is 38.1 Å². The Morgan fingerprint density at radius 1 is 1.31 bits per heavy atom. The molecule has 0 radical (unpaired) electrons. The Labute approximate surface area is 94.4 Å². The molecule has 0 unspecified atom stereocenters. The van der Waals surface area contributed by atoms with Crippen LogP contribution in [0.2, 0.25) is 0 Å². The highest BCUT2D eigenvalue weighted by Gasteiger charge is 2.16. The van der Waals surface area contributed by atoms with E-state index >= 15 is 0 Å². The Morgan fingerprint density at radius 2 is 2.06 bits per heavy atom. The molecule has 0 saturated heterocycles. The molecule has 2 rings (SSSR count). The zero-order valence-corrected chi connectivity index (χ0v) is 9.54. The number of hydrogen-bond acceptors (Lipinski definition) is 2. The van der Waals surface area contributed by atoms with Gasteiger partial charge in [0.25, 0.3) is 0 Å². The molecule has 1 heterocycles. The fourth-order valence-electron chi connectivity index (χ4n) is 1.94. The predicted molar refractivity (Wildman–Crippen MR) is 63.6 cm³/mol. The molecule has 0 amide bonds. The first kappa shape index (κ1) is 10.7. The summed E-state index contributed by atoms with van der Waals surface area (Å²) >= 11 is 0. The molecule has 16 heavy (non-hydrogen) atoms. The van der Waals surface area contributed by atoms with E-state index in [1.165, 1.54) is 0 Å². The van der Waals surface area contributed by atoms with Crippen LogP contribution in [0.25, 0.3) is 10.9 Å². The highest BCUT2D eigenvalue weighted by Crippen LogP contribution is 2.23. The molecule has 84 valence electrons. The van der Waals surface area contributed by atoms with Crippen LogP contribution in [0.4, 0.5) is 0 Å². The van der Waals surface area contributed by atoms with Crippen LogP contribution in [0.5, 0.6) is 0 Å². The Hall–Kier alpha value is -1.77. The Morgan fingerprint density at radius 3 is 2.75 bits per heavy atom. The molecular weight excluding hydrogens is 202 g/mol. The van der Waals surface area contributed by atoms with Crippen molar-refractivity contribution in [2.75, 3.05) is 6.61 Å². The van der Waals surface area contributed by atoms with E-state index in [0.717, 1.165) is 22.9 Å². The fraction of sp³-hybridized carbons (Fsp3) is 0.308. The predicted octanol–water partition coefficient (Wildman–Crippen LogP) is 2.91. The van der Waals surface area contributed by atoms with E-state index in [9.17, 15) is 4.79 Å². The summed E-state index contributed by atoms with van der Waals surface area (Å²) < 4.78 is 5.03. The molecule has 0 spiro atoms. The van der Waals surface area contributed by atoms with Gasteiger partial charge in [0, 0.05) is 10.9 Å². The molecule has 0 saturated carbocycles. The summed E-state index contributed by atoms with van der Waals surface area (Å²) in [5.41, 5.74) is 2.61. The Balaban J connectivity index is 2.56. The van der Waals surface area contributed by atoms with Crippen molar-refractivity contribution >= 4 is 16.9 Å². The fourth-order valence-corrected chi connectivity index (χ4v) is 1.94. The lowest BCUT2D eigenvalue weighted by molar-refractivity contribution is 0.0519. The zero-order valence-electron chi connectivity index (χ0n) is 9.54. The molecule has 1 N–H and O–H groups in total. The van der Waals surface area contributed by atoms with Gasteiger partial charge < -0.3 is 9.72 Å². The number of aryl methyl sites for hydroxylation is 1. The first-order valence-corrected chi connectivity index (χ1v) is 5.54. The number of carbonyl (C=O) groups is 1. The van der Waals surface area contributed by atoms with E-state index in [2.05, 4.69) is 4.98 Å². The first-order valence-electron chi connectivity index (χ1n) is 5.54. The second-order valence-electron chi connectivity index (χ2n) is 3.60. The normalized spacial score (nSPS) is 10.6. The Bertz CT molecular complexity index is 514. The van der Waals surface area contributed by atoms with Gasteiger partial charge in [0.05, 0.1) is 6.61 Å². The minimum absolute atomic E-state index is 0.268. The SMILES string of the molecule is CCOC(=O)c1[nH]c2ccccc2c1CC. The Kier molecular flexibility index (Phi) is 2.95. The molecule has 0 aliphatic heterocycles. The van der Waals surface area contributed by atoms with Gasteiger partial charge in [-0.15, -0.1) is 0 Å². The molecule has 0 atom stereocenters. The number of H-pyrrole nitrogens is 1. The van der Waals surface area contributed by atoms with Crippen LogP contribution in [0, 0.1) is 0 Å². The van der Waals surface area contributed by atoms with Crippen molar-refractivity contribution < 1.29 is 9.53 Å². The number of aromatic nitrogens is 1. The minimum atomic E-state index is -0.268. The van der Waals surface area contributed by atoms with Gasteiger partial charge in [-0.05, 0) is 25.0 Å². The second-order valence-corrected chi connectivity index (χ2v) is 3.60. The number of para-hydroxylation sites is 1. The molecule has 2 aromatic rings. The average molecular weight is 217 g/mol. The molecular formula is C13H15NO2. The van der Waals surface area contributed by atoms with Crippen LogP contribution >= 0.6 is 0 Å². The van der Waals surface area contributed by atoms with E-state index in [-0.39, 0.29) is 5.97 Å². The van der Waals surface area contributed by atoms with E-state index in [4.69, 9.17) is 4.74 Å². The van der Waals surface area contributed by atoms with Gasteiger partial charge >= 0.3 is 5.97 Å². The quantitative estimate of drug-likeness (QED) is 0.803. The van der Waals surface area contributed by atoms with Gasteiger partial charge in [-0.3, -0.25) is 0 Å². The molecule has 0 aliphatic carbocycles. The standard InChI is InChI=1S/C13H15NO2/c1-3-9-10-7-5-6-8-11(10)14-12(9)13(15)16-4-2/h5-8,14H,3-4H2,1-2H3. The molecule has 0 bridgehead atoms. The monoisotopic (exact) mass is 217 g/mol. The first-order chi connectivity index (χ1) is 7.77. The topological polar surface area (TPSA) is 42.1 Å². The lowest BCUT2D eigenvalue weighted by Gasteiger charge is -2.01. The van der Waals surface area contributed by atoms with Crippen molar-refractivity contribution in [3.63, 3.8) is 0 Å². The summed E-state index contributed by atoms with van der Waals surface area (Å²) in [6.07, 6.45) is 0.818. The van der Waals surface area contributed by atoms with Crippen LogP contribution in [0.1, 0.15) is 29.9 Å². The van der Waals surface area contributed by atoms with Gasteiger partial charge in [-0.25, -0.2) is 4.79 Å². The molecule has 3 nitrogen and oxygen atoms in total. The number of ether oxygens (including phenoxy) is 1. The number of rotatable bonds is 3. The summed E-state index contributed by atoms with van der Waals surface area (Å²) in [7, 11) is 0. The van der Waals surface area contributed by atoms with Gasteiger partial charge in [0.2, 0.25) is 0 Å². The highest BCUT2D eigenvalue weighted by atomic mass is 16.5. The summed E-state index contributed by atoms with van der Waals surface area (Å²) in [5, 5.41) is 1.10. The lowest BCUT2D eigenvalue weighted by atomic mass is 10.1. The average Bonchev–Trinajstić information content (AvgIpc) is 2.67. The van der Waals surface area contributed by atoms with E-state index in [1.54, 1.807) is 0 Å². The molecule has 1 aromatic heterocycles. The van der Waals surface area contributed by atoms with Crippen LogP contribution in [-0.2, 0) is 11.2 Å². The maximum Gasteiger partial charge on any atom is 0.355 e. The summed E-state index contributed by atoms with van der Waals surface area (Å²) in [6.45, 7) is 4.25. The third-order valence-corrected chi connectivity index (χ3v) is 2.65. The number of fused-ring (bicyclic) bond motifs is 1. The van der Waals surface area contributed by atoms with Crippen LogP contribution in [0.3, 0.4) is 0 Å². The number of nitrogens with one attached hydrogen (secondary N) is 1. The van der Waals surface area contributed by atoms with Crippen LogP contribution in [-0.4, -0.2) is 17.6 Å². The number of aromatic amines is 1. The van der Waals surface area contributed by atoms with Crippen molar-refractivity contribution in [1.82, 2.24) is 4.98 Å². The van der Waals surface area contributed by atoms with Gasteiger partial charge in [-0.2, -0.15) is 0 Å². The van der Waals surface area contributed by atoms with Gasteiger partial charge in [0.1, 0.15) is 5.69 Å². The third-order valence-electron chi connectivity index (χ3n) is 2.65.